The van der Waals surface area contributed by atoms with E-state index < -0.39 is 0 Å². The molecule has 116 valence electrons. The van der Waals surface area contributed by atoms with E-state index in [1.807, 2.05) is 43.3 Å². The van der Waals surface area contributed by atoms with Crippen LogP contribution in [0.4, 0.5) is 17.5 Å². The maximum Gasteiger partial charge on any atom is 0.224 e. The van der Waals surface area contributed by atoms with Crippen LogP contribution >= 0.6 is 11.6 Å². The number of aryl methyl sites for hydroxylation is 1. The highest BCUT2D eigenvalue weighted by Crippen LogP contribution is 2.29. The van der Waals surface area contributed by atoms with Crippen LogP contribution in [0.3, 0.4) is 0 Å². The summed E-state index contributed by atoms with van der Waals surface area (Å²) in [6.45, 7) is 2.00. The highest BCUT2D eigenvalue weighted by atomic mass is 35.5. The SMILES string of the molecule is CNc1nc(Nc2c(C)cccc2Cl)cc(-c2cccnc2)n1. The molecule has 0 unspecified atom stereocenters. The molecule has 0 aliphatic carbocycles. The fourth-order valence-electron chi connectivity index (χ4n) is 2.20. The van der Waals surface area contributed by atoms with Gasteiger partial charge < -0.3 is 10.6 Å². The molecule has 2 heterocycles. The molecule has 3 aromatic rings. The Labute approximate surface area is 139 Å². The van der Waals surface area contributed by atoms with Crippen LogP contribution in [-0.2, 0) is 0 Å². The first-order chi connectivity index (χ1) is 11.2. The lowest BCUT2D eigenvalue weighted by molar-refractivity contribution is 1.15. The Kier molecular flexibility index (Phi) is 4.39. The number of anilines is 3. The molecule has 0 saturated heterocycles. The zero-order valence-corrected chi connectivity index (χ0v) is 13.6. The first kappa shape index (κ1) is 15.2. The number of nitrogens with zero attached hydrogens (tertiary/aromatic N) is 3. The van der Waals surface area contributed by atoms with Gasteiger partial charge in [-0.1, -0.05) is 23.7 Å². The first-order valence-electron chi connectivity index (χ1n) is 7.17. The van der Waals surface area contributed by atoms with E-state index in [1.165, 1.54) is 0 Å². The molecule has 2 N–H and O–H groups in total. The predicted molar refractivity (Wildman–Crippen MR) is 94.3 cm³/mol. The molecule has 0 radical (unpaired) electrons. The van der Waals surface area contributed by atoms with Crippen LogP contribution < -0.4 is 10.6 Å². The van der Waals surface area contributed by atoms with Crippen molar-refractivity contribution in [3.05, 3.63) is 59.4 Å². The molecular formula is C17H16ClN5. The van der Waals surface area contributed by atoms with E-state index in [4.69, 9.17) is 11.6 Å². The van der Waals surface area contributed by atoms with E-state index in [2.05, 4.69) is 25.6 Å². The summed E-state index contributed by atoms with van der Waals surface area (Å²) in [5, 5.41) is 6.91. The van der Waals surface area contributed by atoms with Gasteiger partial charge in [0.05, 0.1) is 16.4 Å². The van der Waals surface area contributed by atoms with Crippen LogP contribution in [-0.4, -0.2) is 22.0 Å². The van der Waals surface area contributed by atoms with Gasteiger partial charge in [-0.05, 0) is 30.7 Å². The van der Waals surface area contributed by atoms with Gasteiger partial charge in [-0.25, -0.2) is 4.98 Å². The van der Waals surface area contributed by atoms with Crippen molar-refractivity contribution in [2.24, 2.45) is 0 Å². The minimum Gasteiger partial charge on any atom is -0.357 e. The summed E-state index contributed by atoms with van der Waals surface area (Å²) in [4.78, 5) is 13.1. The minimum atomic E-state index is 0.526. The number of nitrogens with one attached hydrogen (secondary N) is 2. The molecule has 0 aliphatic heterocycles. The molecule has 1 aromatic carbocycles. The summed E-state index contributed by atoms with van der Waals surface area (Å²) >= 11 is 6.28. The van der Waals surface area contributed by atoms with Gasteiger partial charge >= 0.3 is 0 Å². The van der Waals surface area contributed by atoms with Gasteiger partial charge in [-0.2, -0.15) is 4.98 Å². The second kappa shape index (κ2) is 6.62. The van der Waals surface area contributed by atoms with Crippen LogP contribution in [0.15, 0.2) is 48.8 Å². The summed E-state index contributed by atoms with van der Waals surface area (Å²) in [6, 6.07) is 11.5. The first-order valence-corrected chi connectivity index (χ1v) is 7.54. The van der Waals surface area contributed by atoms with Gasteiger partial charge in [-0.3, -0.25) is 4.98 Å². The molecule has 0 bridgehead atoms. The normalized spacial score (nSPS) is 10.4. The number of rotatable bonds is 4. The highest BCUT2D eigenvalue weighted by molar-refractivity contribution is 6.33. The number of pyridine rings is 1. The Balaban J connectivity index is 2.03. The number of hydrogen-bond acceptors (Lipinski definition) is 5. The monoisotopic (exact) mass is 325 g/mol. The molecule has 5 nitrogen and oxygen atoms in total. The van der Waals surface area contributed by atoms with Gasteiger partial charge in [0.1, 0.15) is 5.82 Å². The Hall–Kier alpha value is -2.66. The predicted octanol–water partition coefficient (Wildman–Crippen LogP) is 4.29. The van der Waals surface area contributed by atoms with E-state index >= 15 is 0 Å². The lowest BCUT2D eigenvalue weighted by Gasteiger charge is -2.13. The third kappa shape index (κ3) is 3.40. The fourth-order valence-corrected chi connectivity index (χ4v) is 2.47. The molecule has 0 fully saturated rings. The zero-order chi connectivity index (χ0) is 16.2. The highest BCUT2D eigenvalue weighted by Gasteiger charge is 2.09. The van der Waals surface area contributed by atoms with Crippen LogP contribution in [0, 0.1) is 6.92 Å². The molecule has 0 amide bonds. The quantitative estimate of drug-likeness (QED) is 0.749. The molecule has 3 rings (SSSR count). The largest absolute Gasteiger partial charge is 0.357 e. The van der Waals surface area contributed by atoms with Crippen molar-refractivity contribution in [2.75, 3.05) is 17.7 Å². The van der Waals surface area contributed by atoms with Crippen molar-refractivity contribution >= 4 is 29.1 Å². The van der Waals surface area contributed by atoms with E-state index in [0.29, 0.717) is 16.8 Å². The molecule has 0 aliphatic rings. The van der Waals surface area contributed by atoms with Gasteiger partial charge in [0.25, 0.3) is 0 Å². The Morgan fingerprint density at radius 2 is 1.96 bits per heavy atom. The van der Waals surface area contributed by atoms with Crippen molar-refractivity contribution in [2.45, 2.75) is 6.92 Å². The van der Waals surface area contributed by atoms with Gasteiger partial charge in [0.15, 0.2) is 0 Å². The van der Waals surface area contributed by atoms with Crippen LogP contribution in [0.1, 0.15) is 5.56 Å². The van der Waals surface area contributed by atoms with E-state index in [-0.39, 0.29) is 0 Å². The van der Waals surface area contributed by atoms with Gasteiger partial charge in [0.2, 0.25) is 5.95 Å². The summed E-state index contributed by atoms with van der Waals surface area (Å²) in [5.41, 5.74) is 3.59. The third-order valence-electron chi connectivity index (χ3n) is 3.38. The lowest BCUT2D eigenvalue weighted by atomic mass is 10.2. The molecule has 2 aromatic heterocycles. The molecule has 23 heavy (non-hydrogen) atoms. The van der Waals surface area contributed by atoms with Crippen LogP contribution in [0.2, 0.25) is 5.02 Å². The second-order valence-corrected chi connectivity index (χ2v) is 5.42. The maximum atomic E-state index is 6.28. The van der Waals surface area contributed by atoms with Gasteiger partial charge in [-0.15, -0.1) is 0 Å². The second-order valence-electron chi connectivity index (χ2n) is 5.01. The lowest BCUT2D eigenvalue weighted by Crippen LogP contribution is -2.03. The standard InChI is InChI=1S/C17H16ClN5/c1-11-5-3-7-13(18)16(11)22-15-9-14(21-17(19-2)23-15)12-6-4-8-20-10-12/h3-10H,1-2H3,(H2,19,21,22,23). The van der Waals surface area contributed by atoms with Crippen molar-refractivity contribution in [3.63, 3.8) is 0 Å². The van der Waals surface area contributed by atoms with E-state index in [1.54, 1.807) is 19.4 Å². The number of benzene rings is 1. The van der Waals surface area contributed by atoms with Crippen molar-refractivity contribution in [3.8, 4) is 11.3 Å². The van der Waals surface area contributed by atoms with Crippen LogP contribution in [0.25, 0.3) is 11.3 Å². The number of aromatic nitrogens is 3. The van der Waals surface area contributed by atoms with Crippen LogP contribution in [0.5, 0.6) is 0 Å². The molecule has 0 atom stereocenters. The molecular weight excluding hydrogens is 310 g/mol. The van der Waals surface area contributed by atoms with Gasteiger partial charge in [0, 0.05) is 31.1 Å². The topological polar surface area (TPSA) is 62.7 Å². The number of hydrogen-bond donors (Lipinski definition) is 2. The minimum absolute atomic E-state index is 0.526. The fraction of sp³-hybridized carbons (Fsp3) is 0.118. The van der Waals surface area contributed by atoms with Crippen molar-refractivity contribution in [1.29, 1.82) is 0 Å². The average molecular weight is 326 g/mol. The van der Waals surface area contributed by atoms with E-state index in [9.17, 15) is 0 Å². The molecule has 6 heteroatoms. The van der Waals surface area contributed by atoms with Crippen molar-refractivity contribution < 1.29 is 0 Å². The zero-order valence-electron chi connectivity index (χ0n) is 12.8. The third-order valence-corrected chi connectivity index (χ3v) is 3.70. The van der Waals surface area contributed by atoms with E-state index in [0.717, 1.165) is 22.5 Å². The number of para-hydroxylation sites is 1. The Morgan fingerprint density at radius 3 is 2.65 bits per heavy atom. The number of halogens is 1. The smallest absolute Gasteiger partial charge is 0.224 e. The Bertz CT molecular complexity index is 800. The summed E-state index contributed by atoms with van der Waals surface area (Å²) in [6.07, 6.45) is 3.50. The summed E-state index contributed by atoms with van der Waals surface area (Å²) in [7, 11) is 1.78. The maximum absolute atomic E-state index is 6.28. The molecule has 0 spiro atoms. The van der Waals surface area contributed by atoms with Crippen molar-refractivity contribution in [1.82, 2.24) is 15.0 Å². The Morgan fingerprint density at radius 1 is 1.09 bits per heavy atom. The summed E-state index contributed by atoms with van der Waals surface area (Å²) in [5.74, 6) is 1.19. The average Bonchev–Trinajstić information content (AvgIpc) is 2.59. The molecule has 0 saturated carbocycles. The summed E-state index contributed by atoms with van der Waals surface area (Å²) < 4.78 is 0.